The summed E-state index contributed by atoms with van der Waals surface area (Å²) in [6.45, 7) is 1.73. The van der Waals surface area contributed by atoms with E-state index in [0.29, 0.717) is 5.69 Å². The number of aromatic nitrogens is 2. The molecule has 1 aromatic heterocycles. The van der Waals surface area contributed by atoms with Crippen LogP contribution in [0.3, 0.4) is 0 Å². The summed E-state index contributed by atoms with van der Waals surface area (Å²) in [5, 5.41) is 6.46. The highest BCUT2D eigenvalue weighted by Gasteiger charge is 2.14. The molecule has 0 aliphatic carbocycles. The summed E-state index contributed by atoms with van der Waals surface area (Å²) in [5.41, 5.74) is 2.75. The fraction of sp³-hybridized carbons (Fsp3) is 0.333. The second-order valence-electron chi connectivity index (χ2n) is 2.23. The van der Waals surface area contributed by atoms with Gasteiger partial charge in [-0.2, -0.15) is 5.10 Å². The predicted molar refractivity (Wildman–Crippen MR) is 39.3 cm³/mol. The number of hydrazine groups is 1. The first-order valence-corrected chi connectivity index (χ1v) is 3.26. The van der Waals surface area contributed by atoms with E-state index in [1.54, 1.807) is 19.2 Å². The molecule has 4 N–H and O–H groups in total. The lowest BCUT2D eigenvalue weighted by molar-refractivity contribution is -0.122. The van der Waals surface area contributed by atoms with Gasteiger partial charge in [0.05, 0.1) is 11.6 Å². The van der Waals surface area contributed by atoms with E-state index in [0.717, 1.165) is 0 Å². The van der Waals surface area contributed by atoms with Crippen LogP contribution in [-0.2, 0) is 4.79 Å². The number of nitrogens with one attached hydrogen (secondary N) is 2. The molecule has 0 aromatic carbocycles. The Morgan fingerprint density at radius 3 is 3.09 bits per heavy atom. The number of carbonyl (C=O) groups is 1. The molecule has 0 saturated carbocycles. The molecular weight excluding hydrogens is 144 g/mol. The van der Waals surface area contributed by atoms with Gasteiger partial charge in [-0.1, -0.05) is 0 Å². The first kappa shape index (κ1) is 7.74. The van der Waals surface area contributed by atoms with Gasteiger partial charge in [0.1, 0.15) is 0 Å². The van der Waals surface area contributed by atoms with Crippen molar-refractivity contribution in [3.63, 3.8) is 0 Å². The lowest BCUT2D eigenvalue weighted by atomic mass is 10.1. The Morgan fingerprint density at radius 1 is 1.91 bits per heavy atom. The summed E-state index contributed by atoms with van der Waals surface area (Å²) in [4.78, 5) is 10.9. The second kappa shape index (κ2) is 3.16. The van der Waals surface area contributed by atoms with Crippen LogP contribution >= 0.6 is 0 Å². The molecule has 0 aliphatic heterocycles. The molecule has 0 fully saturated rings. The Hall–Kier alpha value is -1.36. The first-order chi connectivity index (χ1) is 5.25. The summed E-state index contributed by atoms with van der Waals surface area (Å²) in [7, 11) is 0. The van der Waals surface area contributed by atoms with Crippen LogP contribution in [0.1, 0.15) is 18.5 Å². The maximum Gasteiger partial charge on any atom is 0.242 e. The van der Waals surface area contributed by atoms with Crippen molar-refractivity contribution in [2.45, 2.75) is 12.8 Å². The van der Waals surface area contributed by atoms with Gasteiger partial charge in [0, 0.05) is 6.20 Å². The van der Waals surface area contributed by atoms with Gasteiger partial charge in [-0.3, -0.25) is 15.3 Å². The van der Waals surface area contributed by atoms with Crippen LogP contribution in [0.4, 0.5) is 0 Å². The highest BCUT2D eigenvalue weighted by Crippen LogP contribution is 2.09. The molecule has 0 bridgehead atoms. The molecule has 0 saturated heterocycles. The Labute approximate surface area is 63.9 Å². The minimum absolute atomic E-state index is 0.239. The zero-order chi connectivity index (χ0) is 8.27. The van der Waals surface area contributed by atoms with Crippen molar-refractivity contribution in [2.24, 2.45) is 5.84 Å². The van der Waals surface area contributed by atoms with Crippen molar-refractivity contribution in [3.8, 4) is 0 Å². The molecule has 1 rings (SSSR count). The van der Waals surface area contributed by atoms with Gasteiger partial charge in [0.25, 0.3) is 0 Å². The van der Waals surface area contributed by atoms with Crippen LogP contribution < -0.4 is 11.3 Å². The Balaban J connectivity index is 2.70. The number of H-pyrrole nitrogens is 1. The Morgan fingerprint density at radius 2 is 2.64 bits per heavy atom. The van der Waals surface area contributed by atoms with Crippen molar-refractivity contribution >= 4 is 5.91 Å². The van der Waals surface area contributed by atoms with E-state index in [4.69, 9.17) is 5.84 Å². The average Bonchev–Trinajstić information content (AvgIpc) is 2.53. The minimum atomic E-state index is -0.300. The van der Waals surface area contributed by atoms with E-state index in [-0.39, 0.29) is 11.8 Å². The number of nitrogens with two attached hydrogens (primary N) is 1. The van der Waals surface area contributed by atoms with Crippen LogP contribution in [0.25, 0.3) is 0 Å². The number of hydrogen-bond donors (Lipinski definition) is 3. The zero-order valence-corrected chi connectivity index (χ0v) is 6.16. The smallest absolute Gasteiger partial charge is 0.242 e. The van der Waals surface area contributed by atoms with Crippen molar-refractivity contribution in [2.75, 3.05) is 0 Å². The molecule has 0 spiro atoms. The van der Waals surface area contributed by atoms with E-state index in [2.05, 4.69) is 15.6 Å². The zero-order valence-electron chi connectivity index (χ0n) is 6.16. The third-order valence-corrected chi connectivity index (χ3v) is 1.50. The van der Waals surface area contributed by atoms with Crippen molar-refractivity contribution in [3.05, 3.63) is 18.0 Å². The maximum atomic E-state index is 10.9. The van der Waals surface area contributed by atoms with Gasteiger partial charge in [0.15, 0.2) is 0 Å². The van der Waals surface area contributed by atoms with Crippen LogP contribution in [0.2, 0.25) is 0 Å². The summed E-state index contributed by atoms with van der Waals surface area (Å²) >= 11 is 0. The van der Waals surface area contributed by atoms with Crippen molar-refractivity contribution in [1.82, 2.24) is 15.6 Å². The van der Waals surface area contributed by atoms with Crippen LogP contribution in [0.15, 0.2) is 12.3 Å². The quantitative estimate of drug-likeness (QED) is 0.305. The van der Waals surface area contributed by atoms with E-state index in [1.807, 2.05) is 0 Å². The molecule has 0 radical (unpaired) electrons. The monoisotopic (exact) mass is 154 g/mol. The summed E-state index contributed by atoms with van der Waals surface area (Å²) in [6, 6.07) is 1.74. The summed E-state index contributed by atoms with van der Waals surface area (Å²) in [5.74, 6) is 4.40. The number of rotatable bonds is 2. The van der Waals surface area contributed by atoms with Gasteiger partial charge in [-0.15, -0.1) is 0 Å². The van der Waals surface area contributed by atoms with E-state index < -0.39 is 0 Å². The largest absolute Gasteiger partial charge is 0.294 e. The highest BCUT2D eigenvalue weighted by molar-refractivity contribution is 5.81. The molecule has 1 aromatic rings. The van der Waals surface area contributed by atoms with E-state index in [9.17, 15) is 4.79 Å². The number of aromatic amines is 1. The topological polar surface area (TPSA) is 83.8 Å². The Kier molecular flexibility index (Phi) is 2.22. The lowest BCUT2D eigenvalue weighted by Gasteiger charge is -2.04. The van der Waals surface area contributed by atoms with Crippen molar-refractivity contribution in [1.29, 1.82) is 0 Å². The van der Waals surface area contributed by atoms with Crippen LogP contribution in [-0.4, -0.2) is 16.1 Å². The number of nitrogens with zero attached hydrogens (tertiary/aromatic N) is 1. The molecule has 5 heteroatoms. The number of amides is 1. The van der Waals surface area contributed by atoms with Gasteiger partial charge < -0.3 is 0 Å². The molecule has 1 atom stereocenters. The molecule has 1 unspecified atom stereocenters. The minimum Gasteiger partial charge on any atom is -0.294 e. The van der Waals surface area contributed by atoms with Gasteiger partial charge in [-0.25, -0.2) is 5.84 Å². The van der Waals surface area contributed by atoms with Crippen LogP contribution in [0.5, 0.6) is 0 Å². The third-order valence-electron chi connectivity index (χ3n) is 1.50. The summed E-state index contributed by atoms with van der Waals surface area (Å²) in [6.07, 6.45) is 1.66. The number of carbonyl (C=O) groups excluding carboxylic acids is 1. The third kappa shape index (κ3) is 1.56. The maximum absolute atomic E-state index is 10.9. The molecule has 11 heavy (non-hydrogen) atoms. The second-order valence-corrected chi connectivity index (χ2v) is 2.23. The average molecular weight is 154 g/mol. The SMILES string of the molecule is CC(C(=O)NN)c1cc[nH]n1. The van der Waals surface area contributed by atoms with Crippen molar-refractivity contribution < 1.29 is 4.79 Å². The van der Waals surface area contributed by atoms with E-state index >= 15 is 0 Å². The van der Waals surface area contributed by atoms with E-state index in [1.165, 1.54) is 0 Å². The van der Waals surface area contributed by atoms with Gasteiger partial charge in [0.2, 0.25) is 5.91 Å². The predicted octanol–water partition coefficient (Wildman–Crippen LogP) is -0.497. The molecule has 1 heterocycles. The lowest BCUT2D eigenvalue weighted by Crippen LogP contribution is -2.33. The molecule has 1 amide bonds. The molecule has 0 aliphatic rings. The molecule has 60 valence electrons. The highest BCUT2D eigenvalue weighted by atomic mass is 16.2. The van der Waals surface area contributed by atoms with Crippen LogP contribution in [0, 0.1) is 0 Å². The fourth-order valence-corrected chi connectivity index (χ4v) is 0.772. The fourth-order valence-electron chi connectivity index (χ4n) is 0.772. The molecule has 5 nitrogen and oxygen atoms in total. The van der Waals surface area contributed by atoms with Gasteiger partial charge in [-0.05, 0) is 13.0 Å². The normalized spacial score (nSPS) is 12.5. The number of hydrogen-bond acceptors (Lipinski definition) is 3. The molecular formula is C6H10N4O. The standard InChI is InChI=1S/C6H10N4O/c1-4(6(11)9-7)5-2-3-8-10-5/h2-4H,7H2,1H3,(H,8,10)(H,9,11). The first-order valence-electron chi connectivity index (χ1n) is 3.26. The summed E-state index contributed by atoms with van der Waals surface area (Å²) < 4.78 is 0. The van der Waals surface area contributed by atoms with Gasteiger partial charge >= 0.3 is 0 Å². The Bertz CT molecular complexity index is 231.